The molecule has 3 rings (SSSR count). The maximum Gasteiger partial charge on any atom is 0.303 e. The van der Waals surface area contributed by atoms with Gasteiger partial charge in [-0.25, -0.2) is 0 Å². The molecule has 0 bridgehead atoms. The molecule has 0 aliphatic heterocycles. The first-order valence-corrected chi connectivity index (χ1v) is 13.9. The third-order valence-corrected chi connectivity index (χ3v) is 9.03. The molecule has 3 fully saturated rings. The van der Waals surface area contributed by atoms with Gasteiger partial charge in [0.2, 0.25) is 0 Å². The highest BCUT2D eigenvalue weighted by molar-refractivity contribution is 5.67. The molecule has 3 aliphatic carbocycles. The largest absolute Gasteiger partial charge is 0.462 e. The molecule has 0 saturated heterocycles. The molecular formula is C31H48O4. The Balaban J connectivity index is 1.76. The van der Waals surface area contributed by atoms with Gasteiger partial charge >= 0.3 is 11.9 Å². The number of allylic oxidation sites excluding steroid dienone is 3. The lowest BCUT2D eigenvalue weighted by atomic mass is 9.60. The smallest absolute Gasteiger partial charge is 0.303 e. The summed E-state index contributed by atoms with van der Waals surface area (Å²) in [4.78, 5) is 23.2. The van der Waals surface area contributed by atoms with Crippen LogP contribution < -0.4 is 0 Å². The van der Waals surface area contributed by atoms with E-state index in [-0.39, 0.29) is 18.0 Å². The summed E-state index contributed by atoms with van der Waals surface area (Å²) in [6, 6.07) is 0. The SMILES string of the molecule is C=C1/C(=C\C=C2/CCC[C@]3(C)C([C@H](C)CCCC(C)C)CC[C@@H]23)C[C@H](OC(C)=O)C[C@H]1OC(C)=O. The molecule has 3 saturated carbocycles. The quantitative estimate of drug-likeness (QED) is 0.331. The zero-order chi connectivity index (χ0) is 25.8. The number of hydrogen-bond donors (Lipinski definition) is 0. The van der Waals surface area contributed by atoms with E-state index in [1.54, 1.807) is 5.57 Å². The predicted octanol–water partition coefficient (Wildman–Crippen LogP) is 7.73. The van der Waals surface area contributed by atoms with E-state index in [1.807, 2.05) is 0 Å². The summed E-state index contributed by atoms with van der Waals surface area (Å²) in [5.74, 6) is 2.40. The topological polar surface area (TPSA) is 52.6 Å². The molecule has 0 aromatic carbocycles. The van der Waals surface area contributed by atoms with Gasteiger partial charge in [0.15, 0.2) is 0 Å². The number of fused-ring (bicyclic) bond motifs is 1. The molecule has 6 atom stereocenters. The van der Waals surface area contributed by atoms with E-state index in [0.29, 0.717) is 24.2 Å². The highest BCUT2D eigenvalue weighted by Gasteiger charge is 2.50. The van der Waals surface area contributed by atoms with E-state index in [9.17, 15) is 9.59 Å². The second-order valence-corrected chi connectivity index (χ2v) is 12.1. The van der Waals surface area contributed by atoms with E-state index in [4.69, 9.17) is 9.47 Å². The standard InChI is InChI=1S/C31H48O4/c1-20(2)10-8-11-21(3)28-15-16-29-25(12-9-17-31(28,29)7)13-14-26-18-27(34-23(5)32)19-30(22(26)4)35-24(6)33/h13-14,20-21,27-30H,4,8-12,15-19H2,1-3,5-7H3/b25-13+,26-14-/t21-,27+,28?,29+,30-,31-/m1/s1. The molecule has 0 aromatic heterocycles. The van der Waals surface area contributed by atoms with Crippen LogP contribution >= 0.6 is 0 Å². The molecule has 0 spiro atoms. The van der Waals surface area contributed by atoms with Crippen LogP contribution in [0.2, 0.25) is 0 Å². The summed E-state index contributed by atoms with van der Waals surface area (Å²) in [5.41, 5.74) is 3.83. The third kappa shape index (κ3) is 6.89. The molecule has 196 valence electrons. The average Bonchev–Trinajstić information content (AvgIpc) is 3.11. The number of rotatable bonds is 8. The minimum absolute atomic E-state index is 0.286. The van der Waals surface area contributed by atoms with Gasteiger partial charge in [-0.1, -0.05) is 71.3 Å². The second-order valence-electron chi connectivity index (χ2n) is 12.1. The van der Waals surface area contributed by atoms with Crippen LogP contribution in [0.15, 0.2) is 35.5 Å². The molecule has 0 N–H and O–H groups in total. The van der Waals surface area contributed by atoms with Crippen molar-refractivity contribution in [2.75, 3.05) is 0 Å². The second kappa shape index (κ2) is 11.9. The summed E-state index contributed by atoms with van der Waals surface area (Å²) in [6.45, 7) is 16.8. The number of esters is 2. The average molecular weight is 485 g/mol. The Morgan fingerprint density at radius 2 is 1.80 bits per heavy atom. The van der Waals surface area contributed by atoms with Crippen molar-refractivity contribution in [3.63, 3.8) is 0 Å². The van der Waals surface area contributed by atoms with Gasteiger partial charge in [-0.3, -0.25) is 9.59 Å². The molecule has 1 unspecified atom stereocenters. The zero-order valence-electron chi connectivity index (χ0n) is 23.0. The van der Waals surface area contributed by atoms with Gasteiger partial charge in [-0.15, -0.1) is 0 Å². The van der Waals surface area contributed by atoms with E-state index in [2.05, 4.69) is 46.4 Å². The number of hydrogen-bond acceptors (Lipinski definition) is 4. The minimum Gasteiger partial charge on any atom is -0.462 e. The predicted molar refractivity (Wildman–Crippen MR) is 142 cm³/mol. The Bertz CT molecular complexity index is 850. The fraction of sp³-hybridized carbons (Fsp3) is 0.742. The molecule has 0 radical (unpaired) electrons. The summed E-state index contributed by atoms with van der Waals surface area (Å²) in [5, 5.41) is 0. The van der Waals surface area contributed by atoms with Crippen LogP contribution in [0.4, 0.5) is 0 Å². The van der Waals surface area contributed by atoms with Gasteiger partial charge < -0.3 is 9.47 Å². The first-order chi connectivity index (χ1) is 16.5. The van der Waals surface area contributed by atoms with Crippen molar-refractivity contribution >= 4 is 11.9 Å². The van der Waals surface area contributed by atoms with Crippen molar-refractivity contribution in [2.45, 2.75) is 118 Å². The molecule has 3 aliphatic rings. The lowest BCUT2D eigenvalue weighted by Crippen LogP contribution is -2.36. The van der Waals surface area contributed by atoms with E-state index >= 15 is 0 Å². The van der Waals surface area contributed by atoms with Crippen molar-refractivity contribution in [1.82, 2.24) is 0 Å². The maximum absolute atomic E-state index is 11.6. The first kappa shape index (κ1) is 27.7. The molecule has 4 heteroatoms. The third-order valence-electron chi connectivity index (χ3n) is 9.03. The van der Waals surface area contributed by atoms with Gasteiger partial charge in [0.1, 0.15) is 12.2 Å². The summed E-state index contributed by atoms with van der Waals surface area (Å²) >= 11 is 0. The minimum atomic E-state index is -0.436. The van der Waals surface area contributed by atoms with Crippen molar-refractivity contribution < 1.29 is 19.1 Å². The van der Waals surface area contributed by atoms with E-state index in [0.717, 1.165) is 35.3 Å². The molecular weight excluding hydrogens is 436 g/mol. The number of ether oxygens (including phenoxy) is 2. The Morgan fingerprint density at radius 1 is 1.09 bits per heavy atom. The Kier molecular flexibility index (Phi) is 9.46. The Hall–Kier alpha value is -1.84. The van der Waals surface area contributed by atoms with Gasteiger partial charge in [0.05, 0.1) is 0 Å². The maximum atomic E-state index is 11.6. The summed E-state index contributed by atoms with van der Waals surface area (Å²) in [7, 11) is 0. The van der Waals surface area contributed by atoms with Gasteiger partial charge in [0.25, 0.3) is 0 Å². The van der Waals surface area contributed by atoms with Crippen LogP contribution in [0.1, 0.15) is 106 Å². The molecule has 0 aromatic rings. The molecule has 35 heavy (non-hydrogen) atoms. The highest BCUT2D eigenvalue weighted by Crippen LogP contribution is 2.60. The van der Waals surface area contributed by atoms with Crippen molar-refractivity contribution in [3.8, 4) is 0 Å². The summed E-state index contributed by atoms with van der Waals surface area (Å²) < 4.78 is 11.0. The van der Waals surface area contributed by atoms with Gasteiger partial charge in [0, 0.05) is 26.7 Å². The lowest BCUT2D eigenvalue weighted by molar-refractivity contribution is -0.152. The fourth-order valence-corrected chi connectivity index (χ4v) is 7.34. The van der Waals surface area contributed by atoms with Crippen LogP contribution in [0.3, 0.4) is 0 Å². The molecule has 0 heterocycles. The van der Waals surface area contributed by atoms with Gasteiger partial charge in [-0.2, -0.15) is 0 Å². The number of carbonyl (C=O) groups excluding carboxylic acids is 2. The van der Waals surface area contributed by atoms with Crippen LogP contribution in [-0.4, -0.2) is 24.1 Å². The number of carbonyl (C=O) groups is 2. The van der Waals surface area contributed by atoms with Crippen LogP contribution in [-0.2, 0) is 19.1 Å². The monoisotopic (exact) mass is 484 g/mol. The van der Waals surface area contributed by atoms with Crippen LogP contribution in [0.5, 0.6) is 0 Å². The fourth-order valence-electron chi connectivity index (χ4n) is 7.34. The Morgan fingerprint density at radius 3 is 2.46 bits per heavy atom. The van der Waals surface area contributed by atoms with Crippen LogP contribution in [0, 0.1) is 29.1 Å². The van der Waals surface area contributed by atoms with E-state index in [1.165, 1.54) is 58.8 Å². The first-order valence-electron chi connectivity index (χ1n) is 13.9. The highest BCUT2D eigenvalue weighted by atomic mass is 16.6. The zero-order valence-corrected chi connectivity index (χ0v) is 23.0. The van der Waals surface area contributed by atoms with E-state index < -0.39 is 6.10 Å². The van der Waals surface area contributed by atoms with Crippen molar-refractivity contribution in [3.05, 3.63) is 35.5 Å². The molecule has 4 nitrogen and oxygen atoms in total. The Labute approximate surface area is 213 Å². The van der Waals surface area contributed by atoms with Crippen LogP contribution in [0.25, 0.3) is 0 Å². The normalized spacial score (nSPS) is 34.2. The van der Waals surface area contributed by atoms with Gasteiger partial charge in [-0.05, 0) is 72.3 Å². The molecule has 0 amide bonds. The van der Waals surface area contributed by atoms with Crippen molar-refractivity contribution in [1.29, 1.82) is 0 Å². The summed E-state index contributed by atoms with van der Waals surface area (Å²) in [6.07, 6.45) is 15.3. The van der Waals surface area contributed by atoms with Crippen molar-refractivity contribution in [2.24, 2.45) is 29.1 Å². The lowest BCUT2D eigenvalue weighted by Gasteiger charge is -2.44.